The molecular weight excluding hydrogens is 1750 g/mol. The molecule has 0 radical (unpaired) electrons. The Morgan fingerprint density at radius 2 is 0.806 bits per heavy atom. The van der Waals surface area contributed by atoms with Crippen molar-refractivity contribution in [3.63, 3.8) is 0 Å². The highest BCUT2D eigenvalue weighted by Gasteiger charge is 2.30. The average molecular weight is 1870 g/mol. The molecule has 29 heteroatoms. The number of methoxy groups -OCH3 is 3. The summed E-state index contributed by atoms with van der Waals surface area (Å²) in [6.45, 7) is 36.4. The Kier molecular flexibility index (Phi) is 28.5. The van der Waals surface area contributed by atoms with Crippen LogP contribution < -0.4 is 64.2 Å². The molecule has 25 nitrogen and oxygen atoms in total. The lowest BCUT2D eigenvalue weighted by molar-refractivity contribution is 0.341. The molecule has 0 unspecified atom stereocenters. The Labute approximate surface area is 799 Å². The minimum absolute atomic E-state index is 0.141. The van der Waals surface area contributed by atoms with E-state index in [1.54, 1.807) is 66.7 Å². The second-order valence-corrected chi connectivity index (χ2v) is 40.3. The normalized spacial score (nSPS) is 12.4. The summed E-state index contributed by atoms with van der Waals surface area (Å²) in [6, 6.07) is 59.4. The van der Waals surface area contributed by atoms with E-state index in [1.165, 1.54) is 63.1 Å². The van der Waals surface area contributed by atoms with Gasteiger partial charge in [-0.1, -0.05) is 160 Å². The predicted octanol–water partition coefficient (Wildman–Crippen LogP) is 20.3. The van der Waals surface area contributed by atoms with E-state index in [9.17, 15) is 0 Å². The number of hydrogen-bond donors (Lipinski definition) is 0. The van der Waals surface area contributed by atoms with Crippen molar-refractivity contribution >= 4 is 112 Å². The van der Waals surface area contributed by atoms with Gasteiger partial charge in [-0.15, -0.1) is 86.1 Å². The topological polar surface area (TPSA) is 231 Å². The van der Waals surface area contributed by atoms with Gasteiger partial charge in [0.25, 0.3) is 0 Å². The molecule has 0 saturated carbocycles. The first-order chi connectivity index (χ1) is 64.2. The number of fused-ring (bicyclic) bond motifs is 4. The summed E-state index contributed by atoms with van der Waals surface area (Å²) in [5.41, 5.74) is 18.7. The molecule has 0 N–H and O–H groups in total. The molecule has 12 heterocycles. The van der Waals surface area contributed by atoms with Gasteiger partial charge in [0.1, 0.15) is 28.7 Å². The largest absolute Gasteiger partial charge is 0.497 e. The van der Waals surface area contributed by atoms with Gasteiger partial charge in [0, 0.05) is 118 Å². The van der Waals surface area contributed by atoms with Gasteiger partial charge < -0.3 is 43.3 Å². The molecule has 0 aliphatic rings. The summed E-state index contributed by atoms with van der Waals surface area (Å²) in [7, 11) is 19.6. The van der Waals surface area contributed by atoms with Crippen LogP contribution >= 0.6 is 45.3 Å². The monoisotopic (exact) mass is 1870 g/mol. The number of aryl methyl sites for hydroxylation is 2. The van der Waals surface area contributed by atoms with Gasteiger partial charge in [-0.25, -0.2) is 0 Å². The van der Waals surface area contributed by atoms with E-state index >= 15 is 0 Å². The van der Waals surface area contributed by atoms with E-state index in [-0.39, 0.29) is 22.7 Å². The molecule has 0 atom stereocenters. The molecule has 18 rings (SSSR count). The zero-order valence-electron chi connectivity index (χ0n) is 81.4. The Hall–Kier alpha value is -13.5. The molecule has 18 aromatic rings. The minimum atomic E-state index is -0.175. The number of para-hydroxylation sites is 4. The van der Waals surface area contributed by atoms with Crippen molar-refractivity contribution in [2.75, 3.05) is 110 Å². The first-order valence-electron chi connectivity index (χ1n) is 45.0. The summed E-state index contributed by atoms with van der Waals surface area (Å²) < 4.78 is 35.6. The maximum atomic E-state index is 5.84. The Balaban J connectivity index is 0.000000137. The second-order valence-electron chi connectivity index (χ2n) is 36.0. The molecule has 0 amide bonds. The number of rotatable bonds is 24. The van der Waals surface area contributed by atoms with Crippen LogP contribution in [0.15, 0.2) is 176 Å². The first-order valence-corrected chi connectivity index (χ1v) is 48.2. The van der Waals surface area contributed by atoms with E-state index in [4.69, 9.17) is 44.1 Å². The molecule has 134 heavy (non-hydrogen) atoms. The van der Waals surface area contributed by atoms with Crippen molar-refractivity contribution in [3.8, 4) is 96.6 Å². The van der Waals surface area contributed by atoms with Crippen LogP contribution in [0.3, 0.4) is 0 Å². The molecule has 12 aromatic heterocycles. The summed E-state index contributed by atoms with van der Waals surface area (Å²) >= 11 is 7.08. The number of anilines is 4. The summed E-state index contributed by atoms with van der Waals surface area (Å²) in [5.74, 6) is 7.14. The number of ether oxygens (including phenoxy) is 5. The third-order valence-electron chi connectivity index (χ3n) is 22.9. The van der Waals surface area contributed by atoms with E-state index in [0.717, 1.165) is 139 Å². The zero-order chi connectivity index (χ0) is 95.5. The standard InChI is InChI=1S/C29H31N5OS.C28H29N5O2S.C25H31N5OS.C23H27N5OS/c1-18-12-14-19(15-13-18)22-16-20(36-28(22)33(5)6)17-23-25(29(2,3)4)32-34-26(30-31-27(23)34)21-10-8-9-11-24(21)35-7;1-17(2)25-23(27-30-29-26(33(27)31-25)21-9-7-8-10-24(21)35-6)16-20-15-22(28(36-20)32(3)4)18-11-13-19(34-5)14-12-18;1-8-29(7)21-14-16(3)20(32-21)15-18-22(25(4,5)6)28-30-23(26-27-24(18)30)17-12-10-11-13-19(17)31-9-2;1-7-29-17-11-9-8-10-16(17)22-24-25-23-20(21(14(2)3)26-28(22)23)15(4)18-12-13-19(30-18)27(5)6/h8-17H,1-7H3;7-17H,1-6H3;10-15H,8-9H2,1-7H3;8-14H,7H2,1-6H3/b23-17-;23-16-;18-15-;20-15-. The number of hydrogen-bond acceptors (Lipinski definition) is 25. The van der Waals surface area contributed by atoms with Gasteiger partial charge in [-0.3, -0.25) is 0 Å². The maximum Gasteiger partial charge on any atom is 0.189 e. The fourth-order valence-electron chi connectivity index (χ4n) is 15.9. The van der Waals surface area contributed by atoms with Crippen molar-refractivity contribution < 1.29 is 23.7 Å². The smallest absolute Gasteiger partial charge is 0.189 e. The highest BCUT2D eigenvalue weighted by atomic mass is 32.1. The SMILES string of the molecule is CCOc1ccccc1-c1nnc2/c(=C(/C)c3ccc(N(C)C)s3)c(C(C)C)nn12.CCOc1ccccc1-c1nnc2/c(=C\c3sc(N(C)CC)cc3C)c(C(C)(C)C)nn12.COc1ccc(-c2cc(/C=c3/c(C(C)C)nn4c(-c5ccccc5OC)nnc34)sc2N(C)C)cc1.COc1ccccc1-c1nnc2/c(=C\c3cc(-c4ccc(C)cc4)c(N(C)C)s3)c(C(C)(C)C)nn12. The van der Waals surface area contributed by atoms with Crippen molar-refractivity contribution in [1.82, 2.24) is 79.2 Å². The zero-order valence-corrected chi connectivity index (χ0v) is 84.6. The summed E-state index contributed by atoms with van der Waals surface area (Å²) in [6.07, 6.45) is 6.62. The lowest BCUT2D eigenvalue weighted by atomic mass is 9.91. The molecule has 0 saturated heterocycles. The van der Waals surface area contributed by atoms with Crippen molar-refractivity contribution in [2.45, 2.75) is 133 Å². The Morgan fingerprint density at radius 1 is 0.403 bits per heavy atom. The van der Waals surface area contributed by atoms with Crippen molar-refractivity contribution in [3.05, 3.63) is 250 Å². The summed E-state index contributed by atoms with van der Waals surface area (Å²) in [4.78, 5) is 13.4. The van der Waals surface area contributed by atoms with E-state index in [2.05, 4.69) is 292 Å². The molecule has 0 aliphatic heterocycles. The third-order valence-corrected chi connectivity index (χ3v) is 28.1. The molecule has 0 aliphatic carbocycles. The van der Waals surface area contributed by atoms with Gasteiger partial charge in [-0.2, -0.15) is 38.5 Å². The molecule has 0 fully saturated rings. The number of aromatic nitrogens is 16. The fourth-order valence-corrected chi connectivity index (χ4v) is 20.1. The van der Waals surface area contributed by atoms with Crippen LogP contribution in [0, 0.1) is 13.8 Å². The van der Waals surface area contributed by atoms with Crippen LogP contribution in [0.1, 0.15) is 162 Å². The first kappa shape index (κ1) is 95.1. The van der Waals surface area contributed by atoms with Gasteiger partial charge in [0.15, 0.2) is 45.9 Å². The van der Waals surface area contributed by atoms with Gasteiger partial charge in [0.2, 0.25) is 0 Å². The van der Waals surface area contributed by atoms with Gasteiger partial charge >= 0.3 is 0 Å². The van der Waals surface area contributed by atoms with Crippen LogP contribution in [-0.2, 0) is 10.8 Å². The van der Waals surface area contributed by atoms with E-state index < -0.39 is 0 Å². The minimum Gasteiger partial charge on any atom is -0.497 e. The molecular formula is C105H118N20O5S4. The molecule has 0 bridgehead atoms. The predicted molar refractivity (Wildman–Crippen MR) is 552 cm³/mol. The Bertz CT molecular complexity index is 7440. The lowest BCUT2D eigenvalue weighted by Gasteiger charge is -2.15. The highest BCUT2D eigenvalue weighted by molar-refractivity contribution is 7.18. The lowest BCUT2D eigenvalue weighted by Crippen LogP contribution is -2.22. The average Bonchev–Trinajstić information content (AvgIpc) is 1.60. The number of benzene rings is 6. The number of thiophene rings is 4. The summed E-state index contributed by atoms with van der Waals surface area (Å²) in [5, 5.41) is 65.2. The second kappa shape index (κ2) is 40.1. The third kappa shape index (κ3) is 19.5. The molecule has 692 valence electrons. The van der Waals surface area contributed by atoms with E-state index in [1.807, 2.05) is 141 Å². The van der Waals surface area contributed by atoms with Crippen LogP contribution in [0.4, 0.5) is 20.0 Å². The van der Waals surface area contributed by atoms with E-state index in [0.29, 0.717) is 36.5 Å². The van der Waals surface area contributed by atoms with Crippen LogP contribution in [0.2, 0.25) is 0 Å². The molecule has 6 aromatic carbocycles. The fraction of sp³-hybridized carbons (Fsp3) is 0.314. The van der Waals surface area contributed by atoms with Crippen LogP contribution in [0.25, 0.3) is 114 Å². The van der Waals surface area contributed by atoms with Crippen LogP contribution in [0.5, 0.6) is 28.7 Å². The quantitative estimate of drug-likeness (QED) is 0.0547. The van der Waals surface area contributed by atoms with Crippen molar-refractivity contribution in [2.24, 2.45) is 0 Å². The maximum absolute atomic E-state index is 5.84. The Morgan fingerprint density at radius 3 is 1.22 bits per heavy atom. The van der Waals surface area contributed by atoms with Crippen molar-refractivity contribution in [1.29, 1.82) is 0 Å². The van der Waals surface area contributed by atoms with Gasteiger partial charge in [-0.05, 0) is 185 Å². The van der Waals surface area contributed by atoms with Gasteiger partial charge in [0.05, 0.1) is 99.6 Å². The number of nitrogens with zero attached hydrogens (tertiary/aromatic N) is 20. The molecule has 0 spiro atoms. The van der Waals surface area contributed by atoms with Crippen LogP contribution in [-0.4, -0.2) is 170 Å². The highest BCUT2D eigenvalue weighted by Crippen LogP contribution is 2.43.